The third-order valence-corrected chi connectivity index (χ3v) is 8.49. The largest absolute Gasteiger partial charge is 0.477 e. The lowest BCUT2D eigenvalue weighted by Gasteiger charge is -2.31. The molecule has 0 aliphatic rings. The quantitative estimate of drug-likeness (QED) is 0.0225. The first-order valence-corrected chi connectivity index (χ1v) is 21.0. The number of carbonyl (C=O) groups is 3. The van der Waals surface area contributed by atoms with Gasteiger partial charge < -0.3 is 23.8 Å². The summed E-state index contributed by atoms with van der Waals surface area (Å²) in [5.41, 5.74) is 0. The van der Waals surface area contributed by atoms with Crippen LogP contribution in [0.25, 0.3) is 0 Å². The average molecular weight is 779 g/mol. The fourth-order valence-corrected chi connectivity index (χ4v) is 5.29. The van der Waals surface area contributed by atoms with Gasteiger partial charge in [-0.25, -0.2) is 4.79 Å². The topological polar surface area (TPSA) is 99.1 Å². The van der Waals surface area contributed by atoms with Crippen molar-refractivity contribution in [3.63, 3.8) is 0 Å². The molecule has 0 rings (SSSR count). The lowest BCUT2D eigenvalue weighted by molar-refractivity contribution is -0.887. The first-order valence-electron chi connectivity index (χ1n) is 21.0. The number of hydrogen-bond donors (Lipinski definition) is 1. The van der Waals surface area contributed by atoms with Crippen LogP contribution in [0, 0.1) is 0 Å². The lowest BCUT2D eigenvalue weighted by Crippen LogP contribution is -2.50. The molecule has 0 heterocycles. The molecule has 0 aromatic carbocycles. The van der Waals surface area contributed by atoms with E-state index in [4.69, 9.17) is 14.2 Å². The Morgan fingerprint density at radius 1 is 0.554 bits per heavy atom. The van der Waals surface area contributed by atoms with Gasteiger partial charge in [-0.3, -0.25) is 9.59 Å². The number of carboxylic acid groups (broad SMARTS) is 1. The zero-order valence-corrected chi connectivity index (χ0v) is 35.5. The fraction of sp³-hybridized carbons (Fsp3) is 0.562. The SMILES string of the molecule is CC/C=C/C=C/C=C/CCCCCCCC(=O)OC(COCCC(C(=O)O)[N+](C)(C)C)COC(=O)CC/C=C/C/C=C/C/C=C/C/C=C/C/C=C/C/C=C/CC. The van der Waals surface area contributed by atoms with Crippen molar-refractivity contribution >= 4 is 17.9 Å². The summed E-state index contributed by atoms with van der Waals surface area (Å²) in [6.07, 6.45) is 51.5. The van der Waals surface area contributed by atoms with Gasteiger partial charge in [-0.1, -0.05) is 142 Å². The van der Waals surface area contributed by atoms with E-state index in [1.807, 2.05) is 45.4 Å². The molecule has 0 bridgehead atoms. The van der Waals surface area contributed by atoms with Crippen LogP contribution in [0.2, 0.25) is 0 Å². The van der Waals surface area contributed by atoms with Gasteiger partial charge in [0.05, 0.1) is 34.4 Å². The van der Waals surface area contributed by atoms with Gasteiger partial charge in [0.1, 0.15) is 6.61 Å². The van der Waals surface area contributed by atoms with Gasteiger partial charge in [0.25, 0.3) is 0 Å². The Labute approximate surface area is 340 Å². The normalized spacial score (nSPS) is 14.1. The van der Waals surface area contributed by atoms with Crippen molar-refractivity contribution in [3.8, 4) is 0 Å². The molecular formula is C48H76NO7+. The van der Waals surface area contributed by atoms with Gasteiger partial charge in [0, 0.05) is 19.3 Å². The number of unbranched alkanes of at least 4 members (excludes halogenated alkanes) is 5. The second-order valence-electron chi connectivity index (χ2n) is 14.5. The van der Waals surface area contributed by atoms with E-state index < -0.39 is 18.1 Å². The standard InChI is InChI=1S/C48H75NO7/c1-6-8-10-12-14-16-18-20-21-22-23-24-25-27-28-30-32-34-36-38-46(50)55-43-44(42-54-41-40-45(48(52)53)49(3,4)5)56-47(51)39-37-35-33-31-29-26-19-17-15-13-11-9-7-2/h8-11,13-17,19-21,23-24,27-28,32,34,44-45H,6-7,12,18,22,25-26,29-31,33,35-43H2,1-5H3/p+1/b10-8+,11-9+,15-13+,16-14+,19-17+,21-20+,24-23+,28-27+,34-32+. The third kappa shape index (κ3) is 35.7. The molecule has 56 heavy (non-hydrogen) atoms. The number of allylic oxidation sites excluding steroid dienone is 18. The van der Waals surface area contributed by atoms with Crippen LogP contribution in [0.5, 0.6) is 0 Å². The molecule has 0 aromatic heterocycles. The van der Waals surface area contributed by atoms with Gasteiger partial charge in [0.15, 0.2) is 12.1 Å². The fourth-order valence-electron chi connectivity index (χ4n) is 5.29. The van der Waals surface area contributed by atoms with Crippen LogP contribution in [0.3, 0.4) is 0 Å². The summed E-state index contributed by atoms with van der Waals surface area (Å²) >= 11 is 0. The van der Waals surface area contributed by atoms with E-state index in [0.717, 1.165) is 83.5 Å². The average Bonchev–Trinajstić information content (AvgIpc) is 3.15. The van der Waals surface area contributed by atoms with Crippen LogP contribution in [0.4, 0.5) is 0 Å². The number of likely N-dealkylation sites (N-methyl/N-ethyl adjacent to an activating group) is 1. The maximum atomic E-state index is 12.7. The predicted molar refractivity (Wildman–Crippen MR) is 233 cm³/mol. The molecule has 0 spiro atoms. The molecule has 0 saturated heterocycles. The monoisotopic (exact) mass is 779 g/mol. The van der Waals surface area contributed by atoms with Crippen LogP contribution in [-0.2, 0) is 28.6 Å². The van der Waals surface area contributed by atoms with Crippen LogP contribution in [-0.4, -0.2) is 80.6 Å². The van der Waals surface area contributed by atoms with Crippen molar-refractivity contribution in [3.05, 3.63) is 109 Å². The molecule has 0 aromatic rings. The van der Waals surface area contributed by atoms with Crippen LogP contribution >= 0.6 is 0 Å². The number of rotatable bonds is 35. The number of ether oxygens (including phenoxy) is 3. The molecule has 2 atom stereocenters. The number of aliphatic carboxylic acids is 1. The first kappa shape index (κ1) is 52.0. The summed E-state index contributed by atoms with van der Waals surface area (Å²) in [5.74, 6) is -1.62. The molecular weight excluding hydrogens is 703 g/mol. The van der Waals surface area contributed by atoms with Crippen molar-refractivity contribution in [1.82, 2.24) is 0 Å². The van der Waals surface area contributed by atoms with Crippen molar-refractivity contribution < 1.29 is 38.2 Å². The highest BCUT2D eigenvalue weighted by atomic mass is 16.6. The summed E-state index contributed by atoms with van der Waals surface area (Å²) in [6.45, 7) is 4.35. The molecule has 314 valence electrons. The van der Waals surface area contributed by atoms with Crippen LogP contribution in [0.1, 0.15) is 123 Å². The maximum absolute atomic E-state index is 12.7. The molecule has 0 amide bonds. The second kappa shape index (κ2) is 37.9. The Kier molecular flexibility index (Phi) is 35.2. The van der Waals surface area contributed by atoms with E-state index in [1.165, 1.54) is 0 Å². The van der Waals surface area contributed by atoms with Gasteiger partial charge >= 0.3 is 17.9 Å². The van der Waals surface area contributed by atoms with Crippen LogP contribution < -0.4 is 0 Å². The number of hydrogen-bond acceptors (Lipinski definition) is 6. The highest BCUT2D eigenvalue weighted by Crippen LogP contribution is 2.12. The minimum Gasteiger partial charge on any atom is -0.477 e. The molecule has 1 N–H and O–H groups in total. The van der Waals surface area contributed by atoms with Gasteiger partial charge in [-0.2, -0.15) is 0 Å². The minimum atomic E-state index is -0.894. The van der Waals surface area contributed by atoms with E-state index in [-0.39, 0.29) is 49.1 Å². The molecule has 0 aliphatic carbocycles. The van der Waals surface area contributed by atoms with E-state index in [9.17, 15) is 19.5 Å². The lowest BCUT2D eigenvalue weighted by atomic mass is 10.1. The summed E-state index contributed by atoms with van der Waals surface area (Å²) in [5, 5.41) is 9.60. The van der Waals surface area contributed by atoms with E-state index in [1.54, 1.807) is 0 Å². The van der Waals surface area contributed by atoms with E-state index >= 15 is 0 Å². The Morgan fingerprint density at radius 3 is 1.62 bits per heavy atom. The third-order valence-electron chi connectivity index (χ3n) is 8.49. The van der Waals surface area contributed by atoms with Crippen molar-refractivity contribution in [2.75, 3.05) is 41.0 Å². The predicted octanol–water partition coefficient (Wildman–Crippen LogP) is 11.3. The zero-order valence-electron chi connectivity index (χ0n) is 35.5. The van der Waals surface area contributed by atoms with Crippen molar-refractivity contribution in [2.45, 2.75) is 135 Å². The number of carbonyl (C=O) groups excluding carboxylic acids is 2. The summed E-state index contributed by atoms with van der Waals surface area (Å²) < 4.78 is 17.1. The number of carboxylic acids is 1. The van der Waals surface area contributed by atoms with Crippen molar-refractivity contribution in [2.24, 2.45) is 0 Å². The highest BCUT2D eigenvalue weighted by molar-refractivity contribution is 5.72. The minimum absolute atomic E-state index is 0.0211. The Morgan fingerprint density at radius 2 is 1.07 bits per heavy atom. The molecule has 2 unspecified atom stereocenters. The molecule has 0 aliphatic heterocycles. The van der Waals surface area contributed by atoms with Gasteiger partial charge in [-0.05, 0) is 70.6 Å². The van der Waals surface area contributed by atoms with Crippen molar-refractivity contribution in [1.29, 1.82) is 0 Å². The Balaban J connectivity index is 4.54. The van der Waals surface area contributed by atoms with Crippen LogP contribution in [0.15, 0.2) is 109 Å². The van der Waals surface area contributed by atoms with Gasteiger partial charge in [-0.15, -0.1) is 0 Å². The van der Waals surface area contributed by atoms with E-state index in [2.05, 4.69) is 98.9 Å². The smallest absolute Gasteiger partial charge is 0.362 e. The number of quaternary nitrogens is 1. The Bertz CT molecular complexity index is 1280. The summed E-state index contributed by atoms with van der Waals surface area (Å²) in [6, 6.07) is -0.635. The second-order valence-corrected chi connectivity index (χ2v) is 14.5. The highest BCUT2D eigenvalue weighted by Gasteiger charge is 2.31. The first-order chi connectivity index (χ1) is 27.1. The molecule has 8 heteroatoms. The molecule has 8 nitrogen and oxygen atoms in total. The zero-order chi connectivity index (χ0) is 41.4. The molecule has 0 saturated carbocycles. The Hall–Kier alpha value is -4.01. The maximum Gasteiger partial charge on any atom is 0.362 e. The van der Waals surface area contributed by atoms with Gasteiger partial charge in [0.2, 0.25) is 0 Å². The van der Waals surface area contributed by atoms with E-state index in [0.29, 0.717) is 12.8 Å². The molecule has 0 fully saturated rings. The molecule has 0 radical (unpaired) electrons. The number of esters is 2. The number of nitrogens with zero attached hydrogens (tertiary/aromatic N) is 1. The summed E-state index contributed by atoms with van der Waals surface area (Å²) in [7, 11) is 5.48. The summed E-state index contributed by atoms with van der Waals surface area (Å²) in [4.78, 5) is 36.9.